The largest absolute Gasteiger partial charge is 0.351 e. The molecule has 4 fully saturated rings. The minimum atomic E-state index is -0.160. The van der Waals surface area contributed by atoms with E-state index >= 15 is 0 Å². The summed E-state index contributed by atoms with van der Waals surface area (Å²) in [5.41, 5.74) is 0.212. The van der Waals surface area contributed by atoms with Crippen molar-refractivity contribution in [1.29, 1.82) is 0 Å². The second-order valence-corrected chi connectivity index (χ2v) is 10.9. The van der Waals surface area contributed by atoms with E-state index in [1.165, 1.54) is 56.8 Å². The molecular formula is C20H24N4O2S2. The number of carbonyl (C=O) groups is 2. The minimum Gasteiger partial charge on any atom is -0.351 e. The zero-order valence-corrected chi connectivity index (χ0v) is 17.5. The summed E-state index contributed by atoms with van der Waals surface area (Å²) in [5, 5.41) is 16.2. The Kier molecular flexibility index (Phi) is 4.50. The second-order valence-electron chi connectivity index (χ2n) is 8.74. The molecule has 0 aliphatic heterocycles. The lowest BCUT2D eigenvalue weighted by Gasteiger charge is -2.55. The number of aromatic nitrogens is 2. The molecule has 148 valence electrons. The molecule has 0 unspecified atom stereocenters. The van der Waals surface area contributed by atoms with Crippen LogP contribution in [0.15, 0.2) is 12.1 Å². The molecule has 0 spiro atoms. The van der Waals surface area contributed by atoms with E-state index in [0.29, 0.717) is 16.6 Å². The Hall–Kier alpha value is -1.80. The van der Waals surface area contributed by atoms with Crippen molar-refractivity contribution >= 4 is 39.6 Å². The van der Waals surface area contributed by atoms with Gasteiger partial charge in [0, 0.05) is 17.2 Å². The molecule has 0 radical (unpaired) electrons. The summed E-state index contributed by atoms with van der Waals surface area (Å²) < 4.78 is 0. The van der Waals surface area contributed by atoms with Crippen molar-refractivity contribution in [3.05, 3.63) is 26.9 Å². The van der Waals surface area contributed by atoms with Crippen LogP contribution in [0.5, 0.6) is 0 Å². The summed E-state index contributed by atoms with van der Waals surface area (Å²) in [6.07, 6.45) is 7.96. The van der Waals surface area contributed by atoms with Crippen LogP contribution >= 0.6 is 22.7 Å². The molecule has 0 atom stereocenters. The third-order valence-corrected chi connectivity index (χ3v) is 8.70. The molecule has 28 heavy (non-hydrogen) atoms. The van der Waals surface area contributed by atoms with Gasteiger partial charge in [-0.25, -0.2) is 0 Å². The average molecular weight is 417 g/mol. The van der Waals surface area contributed by atoms with Crippen LogP contribution in [0, 0.1) is 17.8 Å². The van der Waals surface area contributed by atoms with Gasteiger partial charge in [0.2, 0.25) is 11.0 Å². The fraction of sp³-hybridized carbons (Fsp3) is 0.600. The summed E-state index contributed by atoms with van der Waals surface area (Å²) in [7, 11) is 0. The highest BCUT2D eigenvalue weighted by Crippen LogP contribution is 2.61. The van der Waals surface area contributed by atoms with Gasteiger partial charge in [0.05, 0.1) is 11.4 Å². The highest BCUT2D eigenvalue weighted by Gasteiger charge is 2.53. The van der Waals surface area contributed by atoms with Crippen molar-refractivity contribution < 1.29 is 9.59 Å². The maximum atomic E-state index is 12.6. The number of carbonyl (C=O) groups excluding carboxylic acids is 2. The van der Waals surface area contributed by atoms with Crippen molar-refractivity contribution in [2.24, 2.45) is 17.8 Å². The summed E-state index contributed by atoms with van der Waals surface area (Å²) in [4.78, 5) is 25.2. The lowest BCUT2D eigenvalue weighted by molar-refractivity contribution is -0.119. The van der Waals surface area contributed by atoms with Crippen LogP contribution in [0.25, 0.3) is 0 Å². The first-order valence-electron chi connectivity index (χ1n) is 9.97. The van der Waals surface area contributed by atoms with E-state index in [9.17, 15) is 9.59 Å². The van der Waals surface area contributed by atoms with Gasteiger partial charge in [0.15, 0.2) is 0 Å². The average Bonchev–Trinajstić information content (AvgIpc) is 3.28. The van der Waals surface area contributed by atoms with Crippen molar-refractivity contribution in [2.45, 2.75) is 57.4 Å². The fourth-order valence-corrected chi connectivity index (χ4v) is 7.63. The number of hydrogen-bond donors (Lipinski definition) is 2. The Morgan fingerprint density at radius 3 is 2.39 bits per heavy atom. The summed E-state index contributed by atoms with van der Waals surface area (Å²) in [6.45, 7) is 1.93. The molecule has 2 heterocycles. The monoisotopic (exact) mass is 416 g/mol. The van der Waals surface area contributed by atoms with Gasteiger partial charge in [-0.05, 0) is 68.4 Å². The van der Waals surface area contributed by atoms with Crippen molar-refractivity contribution in [3.8, 4) is 0 Å². The first-order valence-corrected chi connectivity index (χ1v) is 11.6. The molecule has 8 heteroatoms. The van der Waals surface area contributed by atoms with E-state index in [4.69, 9.17) is 0 Å². The molecule has 2 aromatic rings. The van der Waals surface area contributed by atoms with Crippen molar-refractivity contribution in [3.63, 3.8) is 0 Å². The quantitative estimate of drug-likeness (QED) is 0.773. The van der Waals surface area contributed by atoms with Gasteiger partial charge in [-0.1, -0.05) is 11.3 Å². The van der Waals surface area contributed by atoms with Gasteiger partial charge in [0.25, 0.3) is 5.91 Å². The van der Waals surface area contributed by atoms with E-state index in [2.05, 4.69) is 20.8 Å². The van der Waals surface area contributed by atoms with Crippen LogP contribution in [0.3, 0.4) is 0 Å². The number of rotatable bonds is 5. The minimum absolute atomic E-state index is 0.0783. The molecule has 2 aromatic heterocycles. The molecule has 6 nitrogen and oxygen atoms in total. The zero-order chi connectivity index (χ0) is 19.3. The van der Waals surface area contributed by atoms with E-state index in [-0.39, 0.29) is 17.2 Å². The molecule has 4 bridgehead atoms. The number of hydrogen-bond acceptors (Lipinski definition) is 6. The topological polar surface area (TPSA) is 84.0 Å². The second kappa shape index (κ2) is 6.91. The Bertz CT molecular complexity index is 884. The highest BCUT2D eigenvalue weighted by atomic mass is 32.1. The standard InChI is InChI=1S/C20H24N4O2S2/c1-11(25)21-10-15-2-3-16(27-15)17(26)22-19-24-23-18(28-19)20-7-12-4-13(8-20)6-14(5-12)9-20/h2-3,12-14H,4-10H2,1H3,(H,21,25)(H,22,24,26). The van der Waals surface area contributed by atoms with Gasteiger partial charge < -0.3 is 5.32 Å². The highest BCUT2D eigenvalue weighted by molar-refractivity contribution is 7.16. The van der Waals surface area contributed by atoms with Crippen LogP contribution < -0.4 is 10.6 Å². The SMILES string of the molecule is CC(=O)NCc1ccc(C(=O)Nc2nnc(C34CC5CC(CC(C5)C3)C4)s2)s1. The van der Waals surface area contributed by atoms with Gasteiger partial charge in [-0.2, -0.15) is 0 Å². The Labute approximate surface area is 172 Å². The summed E-state index contributed by atoms with van der Waals surface area (Å²) >= 11 is 2.94. The maximum absolute atomic E-state index is 12.6. The smallest absolute Gasteiger partial charge is 0.267 e. The molecule has 4 aliphatic rings. The number of thiophene rings is 1. The third-order valence-electron chi connectivity index (χ3n) is 6.53. The van der Waals surface area contributed by atoms with Crippen molar-refractivity contribution in [1.82, 2.24) is 15.5 Å². The van der Waals surface area contributed by atoms with E-state index in [0.717, 1.165) is 27.6 Å². The Morgan fingerprint density at radius 1 is 1.07 bits per heavy atom. The number of nitrogens with one attached hydrogen (secondary N) is 2. The molecule has 4 aliphatic carbocycles. The molecule has 0 saturated heterocycles. The number of nitrogens with zero attached hydrogens (tertiary/aromatic N) is 2. The number of anilines is 1. The Morgan fingerprint density at radius 2 is 1.75 bits per heavy atom. The molecule has 4 saturated carbocycles. The van der Waals surface area contributed by atoms with Crippen LogP contribution in [0.1, 0.15) is 65.0 Å². The van der Waals surface area contributed by atoms with Crippen molar-refractivity contribution in [2.75, 3.05) is 5.32 Å². The molecule has 2 amide bonds. The summed E-state index contributed by atoms with van der Waals surface area (Å²) in [6, 6.07) is 3.66. The van der Waals surface area contributed by atoms with E-state index in [1.807, 2.05) is 6.07 Å². The Balaban J connectivity index is 1.27. The van der Waals surface area contributed by atoms with Gasteiger partial charge in [0.1, 0.15) is 5.01 Å². The van der Waals surface area contributed by atoms with Crippen LogP contribution in [0.2, 0.25) is 0 Å². The number of amides is 2. The normalized spacial score (nSPS) is 30.4. The van der Waals surface area contributed by atoms with Crippen LogP contribution in [0.4, 0.5) is 5.13 Å². The third kappa shape index (κ3) is 3.37. The fourth-order valence-electron chi connectivity index (χ4n) is 5.83. The first kappa shape index (κ1) is 18.2. The predicted octanol–water partition coefficient (Wildman–Crippen LogP) is 3.96. The lowest BCUT2D eigenvalue weighted by atomic mass is 9.50. The van der Waals surface area contributed by atoms with Gasteiger partial charge in [-0.15, -0.1) is 21.5 Å². The maximum Gasteiger partial charge on any atom is 0.267 e. The molecular weight excluding hydrogens is 392 g/mol. The van der Waals surface area contributed by atoms with Crippen LogP contribution in [-0.4, -0.2) is 22.0 Å². The molecule has 0 aromatic carbocycles. The van der Waals surface area contributed by atoms with Crippen LogP contribution in [-0.2, 0) is 16.8 Å². The van der Waals surface area contributed by atoms with E-state index in [1.54, 1.807) is 17.4 Å². The van der Waals surface area contributed by atoms with Gasteiger partial charge in [-0.3, -0.25) is 14.9 Å². The predicted molar refractivity (Wildman–Crippen MR) is 110 cm³/mol. The van der Waals surface area contributed by atoms with E-state index < -0.39 is 0 Å². The van der Waals surface area contributed by atoms with Gasteiger partial charge >= 0.3 is 0 Å². The lowest BCUT2D eigenvalue weighted by Crippen LogP contribution is -2.48. The zero-order valence-electron chi connectivity index (χ0n) is 15.9. The first-order chi connectivity index (χ1) is 13.5. The molecule has 2 N–H and O–H groups in total. The molecule has 6 rings (SSSR count). The summed E-state index contributed by atoms with van der Waals surface area (Å²) in [5.74, 6) is 2.35.